The summed E-state index contributed by atoms with van der Waals surface area (Å²) >= 11 is 8.27. The van der Waals surface area contributed by atoms with E-state index in [-0.39, 0.29) is 6.03 Å². The van der Waals surface area contributed by atoms with Crippen LogP contribution in [0, 0.1) is 0 Å². The van der Waals surface area contributed by atoms with Crippen LogP contribution in [-0.2, 0) is 6.54 Å². The molecule has 2 aromatic rings. The minimum absolute atomic E-state index is 0.322. The number of hydrogen-bond donors (Lipinski definition) is 2. The predicted octanol–water partition coefficient (Wildman–Crippen LogP) is 10.4. The van der Waals surface area contributed by atoms with Crippen molar-refractivity contribution in [2.75, 3.05) is 23.1 Å². The third-order valence-corrected chi connectivity index (χ3v) is 8.17. The highest BCUT2D eigenvalue weighted by Gasteiger charge is 2.13. The van der Waals surface area contributed by atoms with Gasteiger partial charge in [0.25, 0.3) is 0 Å². The number of rotatable bonds is 18. The maximum absolute atomic E-state index is 12.8. The van der Waals surface area contributed by atoms with Crippen LogP contribution in [0.4, 0.5) is 16.2 Å². The van der Waals surface area contributed by atoms with Gasteiger partial charge in [0, 0.05) is 18.4 Å². The number of unbranched alkanes of at least 4 members (excludes halogenated alkanes) is 11. The number of amides is 2. The van der Waals surface area contributed by atoms with Gasteiger partial charge in [-0.2, -0.15) is 0 Å². The zero-order chi connectivity index (χ0) is 27.7. The van der Waals surface area contributed by atoms with Gasteiger partial charge in [0.2, 0.25) is 0 Å². The number of carbonyl (C=O) groups is 1. The molecule has 2 aromatic carbocycles. The fourth-order valence-corrected chi connectivity index (χ4v) is 5.73. The van der Waals surface area contributed by atoms with Crippen molar-refractivity contribution in [3.05, 3.63) is 64.2 Å². The number of allylic oxidation sites excluding steroid dienone is 1. The molecule has 1 aliphatic rings. The first-order chi connectivity index (χ1) is 19.0. The smallest absolute Gasteiger partial charge is 0.323 e. The summed E-state index contributed by atoms with van der Waals surface area (Å²) in [5, 5.41) is 6.35. The first-order valence-corrected chi connectivity index (χ1v) is 16.0. The van der Waals surface area contributed by atoms with Crippen molar-refractivity contribution in [1.29, 1.82) is 0 Å². The van der Waals surface area contributed by atoms with E-state index in [1.54, 1.807) is 6.07 Å². The summed E-state index contributed by atoms with van der Waals surface area (Å²) in [6.45, 7) is 5.79. The van der Waals surface area contributed by atoms with Gasteiger partial charge >= 0.3 is 6.03 Å². The molecular weight excluding hydrogens is 526 g/mol. The SMILES string of the molecule is CCCCCCCCCCCCCCOc1c(Cl)cccc1NC(=O)Nc1cccc(CN2C=C(C)SC2)c1. The first-order valence-electron chi connectivity index (χ1n) is 14.7. The molecule has 0 saturated heterocycles. The number of anilines is 2. The lowest BCUT2D eigenvalue weighted by atomic mass is 10.1. The minimum atomic E-state index is -0.322. The number of hydrogen-bond acceptors (Lipinski definition) is 4. The molecule has 5 nitrogen and oxygen atoms in total. The van der Waals surface area contributed by atoms with E-state index in [2.05, 4.69) is 41.6 Å². The maximum atomic E-state index is 12.8. The summed E-state index contributed by atoms with van der Waals surface area (Å²) in [5.41, 5.74) is 2.47. The highest BCUT2D eigenvalue weighted by atomic mass is 35.5. The van der Waals surface area contributed by atoms with Gasteiger partial charge in [-0.15, -0.1) is 11.8 Å². The Balaban J connectivity index is 1.36. The van der Waals surface area contributed by atoms with Gasteiger partial charge < -0.3 is 20.3 Å². The highest BCUT2D eigenvalue weighted by molar-refractivity contribution is 8.03. The van der Waals surface area contributed by atoms with E-state index in [0.29, 0.717) is 23.1 Å². The van der Waals surface area contributed by atoms with E-state index in [0.717, 1.165) is 36.5 Å². The van der Waals surface area contributed by atoms with Crippen molar-refractivity contribution in [3.63, 3.8) is 0 Å². The Morgan fingerprint density at radius 1 is 0.923 bits per heavy atom. The molecule has 0 unspecified atom stereocenters. The van der Waals surface area contributed by atoms with Crippen molar-refractivity contribution in [2.24, 2.45) is 0 Å². The largest absolute Gasteiger partial charge is 0.490 e. The van der Waals surface area contributed by atoms with Gasteiger partial charge in [-0.3, -0.25) is 0 Å². The number of nitrogens with zero attached hydrogens (tertiary/aromatic N) is 1. The monoisotopic (exact) mass is 571 g/mol. The number of nitrogens with one attached hydrogen (secondary N) is 2. The Morgan fingerprint density at radius 3 is 2.26 bits per heavy atom. The first kappa shape index (κ1) is 31.2. The lowest BCUT2D eigenvalue weighted by Crippen LogP contribution is -2.20. The summed E-state index contributed by atoms with van der Waals surface area (Å²) in [7, 11) is 0. The van der Waals surface area contributed by atoms with Crippen molar-refractivity contribution in [3.8, 4) is 5.75 Å². The predicted molar refractivity (Wildman–Crippen MR) is 169 cm³/mol. The molecule has 7 heteroatoms. The van der Waals surface area contributed by atoms with Crippen LogP contribution in [0.5, 0.6) is 5.75 Å². The number of thioether (sulfide) groups is 1. The van der Waals surface area contributed by atoms with Crippen LogP contribution in [0.2, 0.25) is 5.02 Å². The molecule has 0 aromatic heterocycles. The summed E-state index contributed by atoms with van der Waals surface area (Å²) < 4.78 is 6.03. The van der Waals surface area contributed by atoms with E-state index < -0.39 is 0 Å². The van der Waals surface area contributed by atoms with Crippen LogP contribution in [0.25, 0.3) is 0 Å². The molecule has 2 amide bonds. The molecule has 214 valence electrons. The minimum Gasteiger partial charge on any atom is -0.490 e. The third kappa shape index (κ3) is 12.2. The normalized spacial score (nSPS) is 12.9. The molecule has 0 spiro atoms. The topological polar surface area (TPSA) is 53.6 Å². The van der Waals surface area contributed by atoms with E-state index in [1.165, 1.54) is 69.1 Å². The van der Waals surface area contributed by atoms with Gasteiger partial charge in [0.1, 0.15) is 0 Å². The van der Waals surface area contributed by atoms with Crippen LogP contribution in [0.1, 0.15) is 96.5 Å². The number of ether oxygens (including phenoxy) is 1. The van der Waals surface area contributed by atoms with Gasteiger partial charge in [0.15, 0.2) is 5.75 Å². The van der Waals surface area contributed by atoms with Crippen LogP contribution in [-0.4, -0.2) is 23.4 Å². The molecule has 0 aliphatic carbocycles. The highest BCUT2D eigenvalue weighted by Crippen LogP contribution is 2.33. The molecule has 0 bridgehead atoms. The van der Waals surface area contributed by atoms with Crippen LogP contribution >= 0.6 is 23.4 Å². The molecule has 2 N–H and O–H groups in total. The lowest BCUT2D eigenvalue weighted by molar-refractivity contribution is 0.261. The van der Waals surface area contributed by atoms with Crippen LogP contribution in [0.15, 0.2) is 53.6 Å². The summed E-state index contributed by atoms with van der Waals surface area (Å²) in [5.74, 6) is 1.49. The molecule has 0 fully saturated rings. The molecule has 0 saturated carbocycles. The van der Waals surface area contributed by atoms with Crippen molar-refractivity contribution in [2.45, 2.75) is 97.4 Å². The molecular formula is C32H46ClN3O2S. The van der Waals surface area contributed by atoms with E-state index in [9.17, 15) is 4.79 Å². The molecule has 1 aliphatic heterocycles. The molecule has 0 radical (unpaired) electrons. The Labute approximate surface area is 245 Å². The summed E-state index contributed by atoms with van der Waals surface area (Å²) in [4.78, 5) is 16.4. The Hall–Kier alpha value is -2.31. The zero-order valence-corrected chi connectivity index (χ0v) is 25.3. The fraction of sp³-hybridized carbons (Fsp3) is 0.531. The maximum Gasteiger partial charge on any atom is 0.323 e. The molecule has 1 heterocycles. The van der Waals surface area contributed by atoms with E-state index in [1.807, 2.05) is 42.1 Å². The number of urea groups is 1. The van der Waals surface area contributed by atoms with E-state index in [4.69, 9.17) is 16.3 Å². The summed E-state index contributed by atoms with van der Waals surface area (Å²) in [6.07, 6.45) is 17.8. The second-order valence-electron chi connectivity index (χ2n) is 10.4. The fourth-order valence-electron chi connectivity index (χ4n) is 4.75. The summed E-state index contributed by atoms with van der Waals surface area (Å²) in [6, 6.07) is 13.1. The van der Waals surface area contributed by atoms with Gasteiger partial charge in [0.05, 0.1) is 23.2 Å². The Bertz CT molecular complexity index is 1050. The number of carbonyl (C=O) groups excluding carboxylic acids is 1. The zero-order valence-electron chi connectivity index (χ0n) is 23.8. The van der Waals surface area contributed by atoms with Crippen LogP contribution in [0.3, 0.4) is 0 Å². The van der Waals surface area contributed by atoms with Crippen LogP contribution < -0.4 is 15.4 Å². The van der Waals surface area contributed by atoms with Crippen molar-refractivity contribution < 1.29 is 9.53 Å². The lowest BCUT2D eigenvalue weighted by Gasteiger charge is -2.16. The standard InChI is InChI=1S/C32H46ClN3O2S/c1-3-4-5-6-7-8-9-10-11-12-13-14-21-38-31-29(33)19-16-20-30(31)35-32(37)34-28-18-15-17-27(22-28)24-36-23-26(2)39-25-36/h15-20,22-23H,3-14,21,24-25H2,1-2H3,(H2,34,35,37). The molecule has 0 atom stereocenters. The van der Waals surface area contributed by atoms with Gasteiger partial charge in [-0.05, 0) is 48.1 Å². The third-order valence-electron chi connectivity index (χ3n) is 6.85. The van der Waals surface area contributed by atoms with Gasteiger partial charge in [-0.1, -0.05) is 107 Å². The second-order valence-corrected chi connectivity index (χ2v) is 12.0. The second kappa shape index (κ2) is 18.1. The average Bonchev–Trinajstić information content (AvgIpc) is 3.32. The van der Waals surface area contributed by atoms with Crippen molar-refractivity contribution >= 4 is 40.8 Å². The Kier molecular flexibility index (Phi) is 14.5. The molecule has 3 rings (SSSR count). The number of benzene rings is 2. The quantitative estimate of drug-likeness (QED) is 0.175. The average molecular weight is 572 g/mol. The number of para-hydroxylation sites is 1. The Morgan fingerprint density at radius 2 is 1.59 bits per heavy atom. The van der Waals surface area contributed by atoms with Crippen molar-refractivity contribution in [1.82, 2.24) is 4.90 Å². The van der Waals surface area contributed by atoms with Gasteiger partial charge in [-0.25, -0.2) is 4.79 Å². The number of halogens is 1. The molecule has 39 heavy (non-hydrogen) atoms. The van der Waals surface area contributed by atoms with E-state index >= 15 is 0 Å².